The monoisotopic (exact) mass is 335 g/mol. The summed E-state index contributed by atoms with van der Waals surface area (Å²) < 4.78 is 0. The first kappa shape index (κ1) is 16.9. The number of piperidine rings is 1. The third-order valence-electron chi connectivity index (χ3n) is 4.90. The second kappa shape index (κ2) is 6.89. The fourth-order valence-electron chi connectivity index (χ4n) is 3.55. The maximum Gasteiger partial charge on any atom is 0.265 e. The summed E-state index contributed by atoms with van der Waals surface area (Å²) in [6.07, 6.45) is 6.98. The van der Waals surface area contributed by atoms with Crippen LogP contribution >= 0.6 is 11.3 Å². The first-order chi connectivity index (χ1) is 10.9. The maximum absolute atomic E-state index is 12.7. The van der Waals surface area contributed by atoms with Gasteiger partial charge in [-0.3, -0.25) is 4.79 Å². The van der Waals surface area contributed by atoms with Crippen LogP contribution in [0.15, 0.2) is 6.20 Å². The number of hydrogen-bond acceptors (Lipinski definition) is 4. The Morgan fingerprint density at radius 2 is 2.00 bits per heavy atom. The highest BCUT2D eigenvalue weighted by Crippen LogP contribution is 2.29. The minimum Gasteiger partial charge on any atom is -0.338 e. The van der Waals surface area contributed by atoms with Crippen molar-refractivity contribution in [3.05, 3.63) is 16.1 Å². The van der Waals surface area contributed by atoms with Gasteiger partial charge >= 0.3 is 0 Å². The number of carbonyl (C=O) groups excluding carboxylic acids is 1. The smallest absolute Gasteiger partial charge is 0.265 e. The number of rotatable bonds is 3. The van der Waals surface area contributed by atoms with Crippen LogP contribution in [0.5, 0.6) is 0 Å². The average Bonchev–Trinajstić information content (AvgIpc) is 3.16. The highest BCUT2D eigenvalue weighted by molar-refractivity contribution is 7.13. The van der Waals surface area contributed by atoms with Crippen molar-refractivity contribution < 1.29 is 4.79 Å². The molecule has 1 unspecified atom stereocenters. The molecule has 23 heavy (non-hydrogen) atoms. The molecule has 0 N–H and O–H groups in total. The van der Waals surface area contributed by atoms with Crippen LogP contribution in [0.25, 0.3) is 0 Å². The van der Waals surface area contributed by atoms with Gasteiger partial charge < -0.3 is 9.80 Å². The highest BCUT2D eigenvalue weighted by atomic mass is 32.1. The zero-order valence-corrected chi connectivity index (χ0v) is 15.5. The average molecular weight is 336 g/mol. The second-order valence-corrected chi connectivity index (χ2v) is 9.08. The Kier molecular flexibility index (Phi) is 5.07. The van der Waals surface area contributed by atoms with Crippen LogP contribution in [0.1, 0.15) is 61.1 Å². The van der Waals surface area contributed by atoms with E-state index in [-0.39, 0.29) is 11.3 Å². The zero-order chi connectivity index (χ0) is 16.4. The lowest BCUT2D eigenvalue weighted by atomic mass is 9.98. The van der Waals surface area contributed by atoms with Gasteiger partial charge in [-0.05, 0) is 38.3 Å². The predicted molar refractivity (Wildman–Crippen MR) is 95.1 cm³/mol. The summed E-state index contributed by atoms with van der Waals surface area (Å²) in [5, 5.41) is 1.05. The molecule has 128 valence electrons. The fourth-order valence-corrected chi connectivity index (χ4v) is 4.49. The molecule has 3 rings (SSSR count). The van der Waals surface area contributed by atoms with Gasteiger partial charge in [-0.2, -0.15) is 0 Å². The maximum atomic E-state index is 12.7. The summed E-state index contributed by atoms with van der Waals surface area (Å²) >= 11 is 1.56. The first-order valence-corrected chi connectivity index (χ1v) is 9.73. The SMILES string of the molecule is CC(C)(C)c1ncc(C(=O)N2CCC(CN3CCCCC3)C2)s1. The second-order valence-electron chi connectivity index (χ2n) is 8.05. The molecule has 0 aliphatic carbocycles. The first-order valence-electron chi connectivity index (χ1n) is 8.91. The third-order valence-corrected chi connectivity index (χ3v) is 6.31. The molecule has 0 saturated carbocycles. The summed E-state index contributed by atoms with van der Waals surface area (Å²) in [6, 6.07) is 0. The van der Waals surface area contributed by atoms with E-state index in [1.165, 1.54) is 38.9 Å². The molecule has 2 fully saturated rings. The Morgan fingerprint density at radius 3 is 2.65 bits per heavy atom. The van der Waals surface area contributed by atoms with Gasteiger partial charge in [0.2, 0.25) is 0 Å². The number of amides is 1. The van der Waals surface area contributed by atoms with Crippen LogP contribution in [-0.4, -0.2) is 53.4 Å². The molecule has 1 aromatic rings. The number of carbonyl (C=O) groups is 1. The highest BCUT2D eigenvalue weighted by Gasteiger charge is 2.30. The lowest BCUT2D eigenvalue weighted by molar-refractivity contribution is 0.0787. The number of thiazole rings is 1. The number of nitrogens with zero attached hydrogens (tertiary/aromatic N) is 3. The summed E-state index contributed by atoms with van der Waals surface area (Å²) in [4.78, 5) is 22.6. The van der Waals surface area contributed by atoms with E-state index < -0.39 is 0 Å². The Balaban J connectivity index is 1.55. The molecular weight excluding hydrogens is 306 g/mol. The van der Waals surface area contributed by atoms with Crippen LogP contribution in [0, 0.1) is 5.92 Å². The molecule has 1 atom stereocenters. The molecule has 2 aliphatic rings. The van der Waals surface area contributed by atoms with Gasteiger partial charge in [-0.25, -0.2) is 4.98 Å². The molecule has 0 spiro atoms. The summed E-state index contributed by atoms with van der Waals surface area (Å²) in [6.45, 7) is 11.9. The van der Waals surface area contributed by atoms with Crippen LogP contribution in [0.4, 0.5) is 0 Å². The van der Waals surface area contributed by atoms with E-state index in [0.717, 1.165) is 29.4 Å². The molecule has 5 heteroatoms. The van der Waals surface area contributed by atoms with Crippen LogP contribution in [0.2, 0.25) is 0 Å². The van der Waals surface area contributed by atoms with Crippen molar-refractivity contribution in [2.75, 3.05) is 32.7 Å². The van der Waals surface area contributed by atoms with Gasteiger partial charge in [0.05, 0.1) is 11.2 Å². The Labute approximate surface area is 143 Å². The number of aromatic nitrogens is 1. The van der Waals surface area contributed by atoms with Crippen molar-refractivity contribution in [1.82, 2.24) is 14.8 Å². The van der Waals surface area contributed by atoms with Crippen molar-refractivity contribution in [3.8, 4) is 0 Å². The van der Waals surface area contributed by atoms with Crippen molar-refractivity contribution in [3.63, 3.8) is 0 Å². The zero-order valence-electron chi connectivity index (χ0n) is 14.7. The topological polar surface area (TPSA) is 36.4 Å². The quantitative estimate of drug-likeness (QED) is 0.849. The van der Waals surface area contributed by atoms with E-state index in [0.29, 0.717) is 5.92 Å². The van der Waals surface area contributed by atoms with Gasteiger partial charge in [-0.1, -0.05) is 27.2 Å². The lowest BCUT2D eigenvalue weighted by Gasteiger charge is -2.28. The molecule has 0 bridgehead atoms. The van der Waals surface area contributed by atoms with Gasteiger partial charge in [0.15, 0.2) is 0 Å². The minimum absolute atomic E-state index is 0.0189. The molecule has 4 nitrogen and oxygen atoms in total. The summed E-state index contributed by atoms with van der Waals surface area (Å²) in [7, 11) is 0. The van der Waals surface area contributed by atoms with E-state index in [4.69, 9.17) is 0 Å². The summed E-state index contributed by atoms with van der Waals surface area (Å²) in [5.74, 6) is 0.825. The van der Waals surface area contributed by atoms with Crippen LogP contribution in [0.3, 0.4) is 0 Å². The van der Waals surface area contributed by atoms with Crippen LogP contribution in [-0.2, 0) is 5.41 Å². The Hall–Kier alpha value is -0.940. The van der Waals surface area contributed by atoms with E-state index in [1.807, 2.05) is 4.90 Å². The van der Waals surface area contributed by atoms with Crippen molar-refractivity contribution in [1.29, 1.82) is 0 Å². The van der Waals surface area contributed by atoms with E-state index >= 15 is 0 Å². The lowest BCUT2D eigenvalue weighted by Crippen LogP contribution is -2.36. The van der Waals surface area contributed by atoms with Gasteiger partial charge in [0, 0.05) is 25.0 Å². The van der Waals surface area contributed by atoms with E-state index in [1.54, 1.807) is 17.5 Å². The normalized spacial score (nSPS) is 23.4. The number of likely N-dealkylation sites (tertiary alicyclic amines) is 2. The van der Waals surface area contributed by atoms with Gasteiger partial charge in [0.1, 0.15) is 4.88 Å². The molecular formula is C18H29N3OS. The van der Waals surface area contributed by atoms with E-state index in [9.17, 15) is 4.79 Å². The standard InChI is InChI=1S/C18H29N3OS/c1-18(2,3)17-19-11-15(23-17)16(22)21-10-7-14(13-21)12-20-8-5-4-6-9-20/h11,14H,4-10,12-13H2,1-3H3. The van der Waals surface area contributed by atoms with Crippen molar-refractivity contribution >= 4 is 17.2 Å². The van der Waals surface area contributed by atoms with E-state index in [2.05, 4.69) is 30.7 Å². The number of hydrogen-bond donors (Lipinski definition) is 0. The fraction of sp³-hybridized carbons (Fsp3) is 0.778. The molecule has 0 aromatic carbocycles. The largest absolute Gasteiger partial charge is 0.338 e. The van der Waals surface area contributed by atoms with Crippen molar-refractivity contribution in [2.24, 2.45) is 5.92 Å². The molecule has 1 aromatic heterocycles. The molecule has 3 heterocycles. The van der Waals surface area contributed by atoms with Crippen LogP contribution < -0.4 is 0 Å². The van der Waals surface area contributed by atoms with Gasteiger partial charge in [-0.15, -0.1) is 11.3 Å². The molecule has 1 amide bonds. The predicted octanol–water partition coefficient (Wildman–Crippen LogP) is 3.39. The molecule has 0 radical (unpaired) electrons. The Morgan fingerprint density at radius 1 is 1.26 bits per heavy atom. The van der Waals surface area contributed by atoms with Gasteiger partial charge in [0.25, 0.3) is 5.91 Å². The minimum atomic E-state index is 0.0189. The molecule has 2 aliphatic heterocycles. The Bertz CT molecular complexity index is 543. The van der Waals surface area contributed by atoms with Crippen molar-refractivity contribution in [2.45, 2.75) is 51.9 Å². The summed E-state index contributed by atoms with van der Waals surface area (Å²) in [5.41, 5.74) is 0.0189. The third kappa shape index (κ3) is 4.13. The molecule has 2 saturated heterocycles.